The van der Waals surface area contributed by atoms with Gasteiger partial charge in [0.05, 0.1) is 5.56 Å². The third-order valence-corrected chi connectivity index (χ3v) is 2.69. The Balaban J connectivity index is 2.16. The number of para-hydroxylation sites is 1. The molecule has 0 bridgehead atoms. The number of benzene rings is 2. The molecular weight excluding hydrogens is 268 g/mol. The van der Waals surface area contributed by atoms with Gasteiger partial charge < -0.3 is 10.5 Å². The van der Waals surface area contributed by atoms with E-state index in [0.29, 0.717) is 16.9 Å². The van der Waals surface area contributed by atoms with Crippen molar-refractivity contribution in [2.24, 2.45) is 5.73 Å². The summed E-state index contributed by atoms with van der Waals surface area (Å²) < 4.78 is 31.5. The molecule has 0 radical (unpaired) electrons. The molecule has 0 spiro atoms. The molecule has 0 aliphatic rings. The largest absolute Gasteiger partial charge is 0.488 e. The van der Waals surface area contributed by atoms with Crippen molar-refractivity contribution in [3.63, 3.8) is 0 Å². The van der Waals surface area contributed by atoms with Crippen molar-refractivity contribution in [3.05, 3.63) is 65.2 Å². The van der Waals surface area contributed by atoms with Crippen molar-refractivity contribution in [2.45, 2.75) is 6.61 Å². The molecule has 2 aromatic carbocycles. The minimum Gasteiger partial charge on any atom is -0.488 e. The highest BCUT2D eigenvalue weighted by molar-refractivity contribution is 7.80. The lowest BCUT2D eigenvalue weighted by Crippen LogP contribution is -2.11. The molecule has 0 amide bonds. The number of hydrogen-bond donors (Lipinski definition) is 1. The molecule has 2 N–H and O–H groups in total. The van der Waals surface area contributed by atoms with Crippen LogP contribution >= 0.6 is 12.2 Å². The van der Waals surface area contributed by atoms with E-state index in [1.807, 2.05) is 0 Å². The summed E-state index contributed by atoms with van der Waals surface area (Å²) in [6.07, 6.45) is 0. The Morgan fingerprint density at radius 1 is 1.11 bits per heavy atom. The molecule has 0 aromatic heterocycles. The monoisotopic (exact) mass is 279 g/mol. The first-order valence-electron chi connectivity index (χ1n) is 5.53. The third kappa shape index (κ3) is 3.48. The van der Waals surface area contributed by atoms with Gasteiger partial charge in [0.2, 0.25) is 0 Å². The fourth-order valence-electron chi connectivity index (χ4n) is 1.65. The molecule has 0 heterocycles. The van der Waals surface area contributed by atoms with Crippen molar-refractivity contribution < 1.29 is 13.5 Å². The normalized spacial score (nSPS) is 10.2. The third-order valence-electron chi connectivity index (χ3n) is 2.47. The molecule has 0 saturated carbocycles. The summed E-state index contributed by atoms with van der Waals surface area (Å²) in [4.78, 5) is 0.209. The Morgan fingerprint density at radius 3 is 2.37 bits per heavy atom. The van der Waals surface area contributed by atoms with Gasteiger partial charge in [0.25, 0.3) is 0 Å². The summed E-state index contributed by atoms with van der Waals surface area (Å²) in [6.45, 7) is 0.0360. The second-order valence-corrected chi connectivity index (χ2v) is 4.37. The Bertz CT molecular complexity index is 596. The summed E-state index contributed by atoms with van der Waals surface area (Å²) in [5.41, 5.74) is 6.55. The highest BCUT2D eigenvalue weighted by atomic mass is 32.1. The molecule has 2 rings (SSSR count). The van der Waals surface area contributed by atoms with Crippen LogP contribution in [0.3, 0.4) is 0 Å². The van der Waals surface area contributed by atoms with Gasteiger partial charge in [0.15, 0.2) is 0 Å². The molecule has 19 heavy (non-hydrogen) atoms. The molecule has 5 heteroatoms. The van der Waals surface area contributed by atoms with Crippen LogP contribution < -0.4 is 10.5 Å². The van der Waals surface area contributed by atoms with Gasteiger partial charge in [0, 0.05) is 6.07 Å². The lowest BCUT2D eigenvalue weighted by molar-refractivity contribution is 0.304. The number of nitrogens with two attached hydrogens (primary N) is 1. The van der Waals surface area contributed by atoms with Crippen LogP contribution in [0.4, 0.5) is 8.78 Å². The molecule has 0 saturated heterocycles. The Hall–Kier alpha value is -2.01. The molecule has 0 aliphatic heterocycles. The van der Waals surface area contributed by atoms with E-state index in [4.69, 9.17) is 22.7 Å². The zero-order valence-corrected chi connectivity index (χ0v) is 10.7. The molecule has 0 unspecified atom stereocenters. The van der Waals surface area contributed by atoms with Crippen LogP contribution in [0, 0.1) is 11.6 Å². The Morgan fingerprint density at radius 2 is 1.74 bits per heavy atom. The van der Waals surface area contributed by atoms with Crippen LogP contribution in [0.25, 0.3) is 0 Å². The first-order valence-corrected chi connectivity index (χ1v) is 5.93. The van der Waals surface area contributed by atoms with Crippen molar-refractivity contribution in [3.8, 4) is 5.75 Å². The molecule has 98 valence electrons. The van der Waals surface area contributed by atoms with Gasteiger partial charge in [0.1, 0.15) is 29.0 Å². The van der Waals surface area contributed by atoms with E-state index < -0.39 is 11.6 Å². The zero-order chi connectivity index (χ0) is 13.8. The van der Waals surface area contributed by atoms with E-state index in [0.717, 1.165) is 6.07 Å². The molecule has 0 atom stereocenters. The summed E-state index contributed by atoms with van der Waals surface area (Å²) in [5, 5.41) is 0. The number of thiocarbonyl (C=S) groups is 1. The van der Waals surface area contributed by atoms with Crippen LogP contribution in [0.2, 0.25) is 0 Å². The fraction of sp³-hybridized carbons (Fsp3) is 0.0714. The van der Waals surface area contributed by atoms with Gasteiger partial charge in [-0.2, -0.15) is 0 Å². The van der Waals surface area contributed by atoms with Crippen molar-refractivity contribution >= 4 is 17.2 Å². The molecule has 0 aliphatic carbocycles. The summed E-state index contributed by atoms with van der Waals surface area (Å²) in [6, 6.07) is 10.2. The summed E-state index contributed by atoms with van der Waals surface area (Å²) >= 11 is 4.90. The van der Waals surface area contributed by atoms with E-state index in [1.165, 1.54) is 12.1 Å². The highest BCUT2D eigenvalue weighted by Gasteiger charge is 2.06. The predicted octanol–water partition coefficient (Wildman–Crippen LogP) is 3.18. The first-order chi connectivity index (χ1) is 9.06. The average molecular weight is 279 g/mol. The maximum absolute atomic E-state index is 13.0. The lowest BCUT2D eigenvalue weighted by atomic mass is 10.2. The molecule has 0 fully saturated rings. The SMILES string of the molecule is NC(=S)c1ccccc1OCc1cc(F)cc(F)c1. The Labute approximate surface area is 114 Å². The number of halogens is 2. The number of rotatable bonds is 4. The maximum atomic E-state index is 13.0. The summed E-state index contributed by atoms with van der Waals surface area (Å²) in [7, 11) is 0. The molecule has 2 aromatic rings. The van der Waals surface area contributed by atoms with Crippen LogP contribution in [0.15, 0.2) is 42.5 Å². The highest BCUT2D eigenvalue weighted by Crippen LogP contribution is 2.19. The molecular formula is C14H11F2NOS. The van der Waals surface area contributed by atoms with Crippen molar-refractivity contribution in [1.82, 2.24) is 0 Å². The van der Waals surface area contributed by atoms with Gasteiger partial charge in [-0.1, -0.05) is 24.4 Å². The van der Waals surface area contributed by atoms with E-state index >= 15 is 0 Å². The lowest BCUT2D eigenvalue weighted by Gasteiger charge is -2.10. The van der Waals surface area contributed by atoms with Crippen LogP contribution in [0.5, 0.6) is 5.75 Å². The minimum atomic E-state index is -0.638. The van der Waals surface area contributed by atoms with E-state index in [9.17, 15) is 8.78 Å². The van der Waals surface area contributed by atoms with E-state index in [-0.39, 0.29) is 11.6 Å². The second-order valence-electron chi connectivity index (χ2n) is 3.93. The van der Waals surface area contributed by atoms with E-state index in [1.54, 1.807) is 24.3 Å². The predicted molar refractivity (Wildman–Crippen MR) is 73.0 cm³/mol. The fourth-order valence-corrected chi connectivity index (χ4v) is 1.82. The van der Waals surface area contributed by atoms with Gasteiger partial charge in [-0.15, -0.1) is 0 Å². The van der Waals surface area contributed by atoms with E-state index in [2.05, 4.69) is 0 Å². The van der Waals surface area contributed by atoms with Crippen molar-refractivity contribution in [2.75, 3.05) is 0 Å². The van der Waals surface area contributed by atoms with Gasteiger partial charge in [-0.05, 0) is 29.8 Å². The van der Waals surface area contributed by atoms with Crippen LogP contribution in [-0.4, -0.2) is 4.99 Å². The standard InChI is InChI=1S/C14H11F2NOS/c15-10-5-9(6-11(16)7-10)8-18-13-4-2-1-3-12(13)14(17)19/h1-7H,8H2,(H2,17,19). The zero-order valence-electron chi connectivity index (χ0n) is 9.90. The topological polar surface area (TPSA) is 35.2 Å². The molecule has 2 nitrogen and oxygen atoms in total. The average Bonchev–Trinajstić information content (AvgIpc) is 2.35. The van der Waals surface area contributed by atoms with Gasteiger partial charge in [-0.3, -0.25) is 0 Å². The summed E-state index contributed by atoms with van der Waals surface area (Å²) in [5.74, 6) is -0.790. The van der Waals surface area contributed by atoms with Crippen LogP contribution in [-0.2, 0) is 6.61 Å². The quantitative estimate of drug-likeness (QED) is 0.873. The van der Waals surface area contributed by atoms with Crippen molar-refractivity contribution in [1.29, 1.82) is 0 Å². The second kappa shape index (κ2) is 5.75. The first kappa shape index (κ1) is 13.4. The van der Waals surface area contributed by atoms with Crippen LogP contribution in [0.1, 0.15) is 11.1 Å². The number of hydrogen-bond acceptors (Lipinski definition) is 2. The van der Waals surface area contributed by atoms with Gasteiger partial charge in [-0.25, -0.2) is 8.78 Å². The Kier molecular flexibility index (Phi) is 4.06. The number of ether oxygens (including phenoxy) is 1. The smallest absolute Gasteiger partial charge is 0.129 e. The minimum absolute atomic E-state index is 0.0360. The van der Waals surface area contributed by atoms with Gasteiger partial charge >= 0.3 is 0 Å². The maximum Gasteiger partial charge on any atom is 0.129 e.